The molecule has 1 aromatic heterocycles. The number of aliphatic imine (C=N–C) groups is 1. The zero-order valence-electron chi connectivity index (χ0n) is 21.0. The third kappa shape index (κ3) is 5.32. The van der Waals surface area contributed by atoms with Gasteiger partial charge < -0.3 is 10.2 Å². The molecule has 0 bridgehead atoms. The van der Waals surface area contributed by atoms with Crippen LogP contribution in [0, 0.1) is 0 Å². The Balaban J connectivity index is 1.10. The number of anilines is 1. The molecule has 0 unspecified atom stereocenters. The largest absolute Gasteiger partial charge is 0.349 e. The minimum atomic E-state index is -0.0387. The summed E-state index contributed by atoms with van der Waals surface area (Å²) in [5.41, 5.74) is 7.11. The van der Waals surface area contributed by atoms with E-state index in [2.05, 4.69) is 58.7 Å². The second kappa shape index (κ2) is 10.7. The predicted octanol–water partition coefficient (Wildman–Crippen LogP) is 6.35. The highest BCUT2D eigenvalue weighted by molar-refractivity contribution is 5.99. The lowest BCUT2D eigenvalue weighted by Gasteiger charge is -2.20. The lowest BCUT2D eigenvalue weighted by molar-refractivity contribution is -0.115. The molecule has 0 spiro atoms. The zero-order chi connectivity index (χ0) is 25.7. The van der Waals surface area contributed by atoms with Crippen LogP contribution in [0.3, 0.4) is 0 Å². The van der Waals surface area contributed by atoms with Crippen molar-refractivity contribution >= 4 is 28.3 Å². The van der Waals surface area contributed by atoms with Crippen LogP contribution in [-0.4, -0.2) is 34.7 Å². The molecule has 5 aromatic rings. The fourth-order valence-corrected chi connectivity index (χ4v) is 4.86. The van der Waals surface area contributed by atoms with Gasteiger partial charge in [0, 0.05) is 23.2 Å². The summed E-state index contributed by atoms with van der Waals surface area (Å²) in [7, 11) is 0. The second-order valence-electron chi connectivity index (χ2n) is 9.49. The topological polar surface area (TPSA) is 57.6 Å². The summed E-state index contributed by atoms with van der Waals surface area (Å²) in [4.78, 5) is 24.6. The number of rotatable bonds is 7. The first-order chi connectivity index (χ1) is 18.7. The molecule has 1 aliphatic heterocycles. The van der Waals surface area contributed by atoms with Gasteiger partial charge in [0.25, 0.3) is 0 Å². The van der Waals surface area contributed by atoms with Gasteiger partial charge in [-0.15, -0.1) is 0 Å². The highest BCUT2D eigenvalue weighted by atomic mass is 16.1. The summed E-state index contributed by atoms with van der Waals surface area (Å²) >= 11 is 0. The summed E-state index contributed by atoms with van der Waals surface area (Å²) in [6.07, 6.45) is 0.325. The molecular formula is C33H28N4O. The first-order valence-corrected chi connectivity index (χ1v) is 12.9. The standard InChI is InChI=1S/C33H28N4O/c38-32(21-24-11-13-26(14-12-24)25-7-3-1-4-8-25)36-29-17-18-31-28(22-29)15-16-30(35-31)23-37-20-19-34-33(37)27-9-5-2-6-10-27/h1-18,22H,19-21,23H2,(H,36,38). The molecule has 5 nitrogen and oxygen atoms in total. The highest BCUT2D eigenvalue weighted by Gasteiger charge is 2.19. The number of carbonyl (C=O) groups is 1. The Labute approximate surface area is 222 Å². The van der Waals surface area contributed by atoms with E-state index >= 15 is 0 Å². The SMILES string of the molecule is O=C(Cc1ccc(-c2ccccc2)cc1)Nc1ccc2nc(CN3CCN=C3c3ccccc3)ccc2c1. The minimum absolute atomic E-state index is 0.0387. The summed E-state index contributed by atoms with van der Waals surface area (Å²) in [5.74, 6) is 0.989. The molecule has 5 heteroatoms. The molecule has 186 valence electrons. The Morgan fingerprint density at radius 3 is 2.24 bits per heavy atom. The monoisotopic (exact) mass is 496 g/mol. The molecular weight excluding hydrogens is 468 g/mol. The number of carbonyl (C=O) groups excluding carboxylic acids is 1. The van der Waals surface area contributed by atoms with Gasteiger partial charge in [0.15, 0.2) is 0 Å². The number of amidine groups is 1. The van der Waals surface area contributed by atoms with Gasteiger partial charge in [-0.1, -0.05) is 91.0 Å². The molecule has 0 saturated heterocycles. The maximum Gasteiger partial charge on any atom is 0.228 e. The molecule has 0 radical (unpaired) electrons. The van der Waals surface area contributed by atoms with Crippen LogP contribution >= 0.6 is 0 Å². The van der Waals surface area contributed by atoms with Crippen LogP contribution in [0.15, 0.2) is 120 Å². The Hall–Kier alpha value is -4.77. The predicted molar refractivity (Wildman–Crippen MR) is 154 cm³/mol. The molecule has 4 aromatic carbocycles. The number of hydrogen-bond donors (Lipinski definition) is 1. The number of aromatic nitrogens is 1. The van der Waals surface area contributed by atoms with E-state index in [1.807, 2.05) is 66.7 Å². The molecule has 0 saturated carbocycles. The van der Waals surface area contributed by atoms with Crippen molar-refractivity contribution in [3.8, 4) is 11.1 Å². The van der Waals surface area contributed by atoms with E-state index in [-0.39, 0.29) is 5.91 Å². The van der Waals surface area contributed by atoms with Crippen molar-refractivity contribution in [1.29, 1.82) is 0 Å². The van der Waals surface area contributed by atoms with E-state index in [0.717, 1.165) is 57.9 Å². The van der Waals surface area contributed by atoms with Gasteiger partial charge in [0.1, 0.15) is 5.84 Å². The molecule has 2 heterocycles. The van der Waals surface area contributed by atoms with Gasteiger partial charge in [-0.2, -0.15) is 0 Å². The number of benzene rings is 4. The van der Waals surface area contributed by atoms with E-state index in [1.54, 1.807) is 0 Å². The van der Waals surface area contributed by atoms with E-state index in [4.69, 9.17) is 9.98 Å². The van der Waals surface area contributed by atoms with Crippen LogP contribution in [-0.2, 0) is 17.8 Å². The van der Waals surface area contributed by atoms with Crippen molar-refractivity contribution in [1.82, 2.24) is 9.88 Å². The molecule has 1 N–H and O–H groups in total. The number of pyridine rings is 1. The van der Waals surface area contributed by atoms with Gasteiger partial charge >= 0.3 is 0 Å². The van der Waals surface area contributed by atoms with E-state index < -0.39 is 0 Å². The first-order valence-electron chi connectivity index (χ1n) is 12.9. The normalized spacial score (nSPS) is 12.9. The number of hydrogen-bond acceptors (Lipinski definition) is 4. The Bertz CT molecular complexity index is 1600. The Morgan fingerprint density at radius 1 is 0.763 bits per heavy atom. The smallest absolute Gasteiger partial charge is 0.228 e. The molecule has 6 rings (SSSR count). The fraction of sp³-hybridized carbons (Fsp3) is 0.121. The summed E-state index contributed by atoms with van der Waals surface area (Å²) < 4.78 is 0. The maximum absolute atomic E-state index is 12.7. The molecule has 1 amide bonds. The van der Waals surface area contributed by atoms with Crippen molar-refractivity contribution in [2.45, 2.75) is 13.0 Å². The van der Waals surface area contributed by atoms with E-state index in [9.17, 15) is 4.79 Å². The summed E-state index contributed by atoms with van der Waals surface area (Å²) in [6, 6.07) is 38.7. The lowest BCUT2D eigenvalue weighted by atomic mass is 10.0. The van der Waals surface area contributed by atoms with Crippen LogP contribution in [0.2, 0.25) is 0 Å². The van der Waals surface area contributed by atoms with Crippen LogP contribution in [0.4, 0.5) is 5.69 Å². The van der Waals surface area contributed by atoms with Gasteiger partial charge in [0.05, 0.1) is 30.7 Å². The van der Waals surface area contributed by atoms with Gasteiger partial charge in [-0.25, -0.2) is 0 Å². The molecule has 38 heavy (non-hydrogen) atoms. The third-order valence-corrected chi connectivity index (χ3v) is 6.77. The summed E-state index contributed by atoms with van der Waals surface area (Å²) in [6.45, 7) is 2.41. The van der Waals surface area contributed by atoms with Gasteiger partial charge in [0.2, 0.25) is 5.91 Å². The van der Waals surface area contributed by atoms with Crippen molar-refractivity contribution < 1.29 is 4.79 Å². The number of fused-ring (bicyclic) bond motifs is 1. The Morgan fingerprint density at radius 2 is 1.47 bits per heavy atom. The van der Waals surface area contributed by atoms with E-state index in [0.29, 0.717) is 13.0 Å². The average molecular weight is 497 g/mol. The van der Waals surface area contributed by atoms with Gasteiger partial charge in [-0.05, 0) is 41.0 Å². The fourth-order valence-electron chi connectivity index (χ4n) is 4.86. The van der Waals surface area contributed by atoms with E-state index in [1.165, 1.54) is 5.56 Å². The molecule has 0 aliphatic carbocycles. The number of nitrogens with zero attached hydrogens (tertiary/aromatic N) is 3. The quantitative estimate of drug-likeness (QED) is 0.286. The van der Waals surface area contributed by atoms with Crippen LogP contribution in [0.25, 0.3) is 22.0 Å². The summed E-state index contributed by atoms with van der Waals surface area (Å²) in [5, 5.41) is 4.03. The number of amides is 1. The minimum Gasteiger partial charge on any atom is -0.349 e. The van der Waals surface area contributed by atoms with Crippen molar-refractivity contribution in [3.63, 3.8) is 0 Å². The van der Waals surface area contributed by atoms with Gasteiger partial charge in [-0.3, -0.25) is 14.8 Å². The first kappa shape index (κ1) is 23.6. The lowest BCUT2D eigenvalue weighted by Crippen LogP contribution is -2.28. The van der Waals surface area contributed by atoms with Crippen molar-refractivity contribution in [3.05, 3.63) is 132 Å². The average Bonchev–Trinajstić information content (AvgIpc) is 3.42. The van der Waals surface area contributed by atoms with Crippen LogP contribution in [0.1, 0.15) is 16.8 Å². The van der Waals surface area contributed by atoms with Crippen LogP contribution < -0.4 is 5.32 Å². The van der Waals surface area contributed by atoms with Crippen molar-refractivity contribution in [2.75, 3.05) is 18.4 Å². The van der Waals surface area contributed by atoms with Crippen molar-refractivity contribution in [2.24, 2.45) is 4.99 Å². The van der Waals surface area contributed by atoms with Crippen LogP contribution in [0.5, 0.6) is 0 Å². The molecule has 1 aliphatic rings. The second-order valence-corrected chi connectivity index (χ2v) is 9.49. The number of nitrogens with one attached hydrogen (secondary N) is 1. The zero-order valence-corrected chi connectivity index (χ0v) is 21.0. The highest BCUT2D eigenvalue weighted by Crippen LogP contribution is 2.22. The molecule has 0 fully saturated rings. The third-order valence-electron chi connectivity index (χ3n) is 6.77. The Kier molecular flexibility index (Phi) is 6.64. The molecule has 0 atom stereocenters. The maximum atomic E-state index is 12.7.